The van der Waals surface area contributed by atoms with Gasteiger partial charge in [0.05, 0.1) is 24.7 Å². The Labute approximate surface area is 182 Å². The number of hydrogen-bond donors (Lipinski definition) is 1. The maximum absolute atomic E-state index is 12.6. The van der Waals surface area contributed by atoms with Gasteiger partial charge in [-0.2, -0.15) is 0 Å². The molecule has 2 aromatic carbocycles. The number of nitrogens with zero attached hydrogens (tertiary/aromatic N) is 1. The molecule has 0 saturated carbocycles. The number of nitrogens with one attached hydrogen (secondary N) is 1. The van der Waals surface area contributed by atoms with Crippen LogP contribution in [0, 0.1) is 0 Å². The maximum atomic E-state index is 12.6. The third-order valence-corrected chi connectivity index (χ3v) is 6.47. The Kier molecular flexibility index (Phi) is 7.71. The molecule has 1 unspecified atom stereocenters. The summed E-state index contributed by atoms with van der Waals surface area (Å²) in [5, 5.41) is 0.641. The first-order chi connectivity index (χ1) is 14.4. The summed E-state index contributed by atoms with van der Waals surface area (Å²) in [4.78, 5) is 14.4. The van der Waals surface area contributed by atoms with Crippen molar-refractivity contribution in [1.82, 2.24) is 9.62 Å². The summed E-state index contributed by atoms with van der Waals surface area (Å²) in [6, 6.07) is 13.5. The highest BCUT2D eigenvalue weighted by Crippen LogP contribution is 2.24. The Morgan fingerprint density at radius 2 is 1.90 bits per heavy atom. The Balaban J connectivity index is 1.51. The van der Waals surface area contributed by atoms with E-state index in [1.54, 1.807) is 29.2 Å². The van der Waals surface area contributed by atoms with Crippen molar-refractivity contribution in [2.24, 2.45) is 0 Å². The van der Waals surface area contributed by atoms with Crippen molar-refractivity contribution in [2.75, 3.05) is 32.8 Å². The zero-order chi connectivity index (χ0) is 21.6. The van der Waals surface area contributed by atoms with Gasteiger partial charge in [0.25, 0.3) is 0 Å². The van der Waals surface area contributed by atoms with E-state index in [4.69, 9.17) is 21.1 Å². The zero-order valence-corrected chi connectivity index (χ0v) is 18.3. The number of hydrogen-bond acceptors (Lipinski definition) is 5. The fourth-order valence-corrected chi connectivity index (χ4v) is 4.33. The van der Waals surface area contributed by atoms with Crippen LogP contribution < -0.4 is 9.46 Å². The van der Waals surface area contributed by atoms with E-state index in [0.717, 1.165) is 5.56 Å². The summed E-state index contributed by atoms with van der Waals surface area (Å²) in [6.07, 6.45) is -0.149. The van der Waals surface area contributed by atoms with Gasteiger partial charge in [0.1, 0.15) is 11.9 Å². The van der Waals surface area contributed by atoms with Crippen molar-refractivity contribution in [3.63, 3.8) is 0 Å². The summed E-state index contributed by atoms with van der Waals surface area (Å²) in [5.41, 5.74) is 0.952. The van der Waals surface area contributed by atoms with Crippen LogP contribution in [0.15, 0.2) is 53.4 Å². The number of morpholine rings is 1. The van der Waals surface area contributed by atoms with Crippen LogP contribution in [0.1, 0.15) is 25.0 Å². The lowest BCUT2D eigenvalue weighted by atomic mass is 10.1. The van der Waals surface area contributed by atoms with Gasteiger partial charge in [-0.25, -0.2) is 13.1 Å². The van der Waals surface area contributed by atoms with Gasteiger partial charge in [-0.1, -0.05) is 23.7 Å². The van der Waals surface area contributed by atoms with Gasteiger partial charge in [-0.05, 0) is 48.9 Å². The summed E-state index contributed by atoms with van der Waals surface area (Å²) in [6.45, 7) is 3.72. The molecular weight excluding hydrogens is 428 g/mol. The lowest BCUT2D eigenvalue weighted by molar-refractivity contribution is -0.138. The minimum absolute atomic E-state index is 0.0251. The van der Waals surface area contributed by atoms with Crippen molar-refractivity contribution in [3.8, 4) is 5.75 Å². The van der Waals surface area contributed by atoms with Gasteiger partial charge >= 0.3 is 0 Å². The quantitative estimate of drug-likeness (QED) is 0.665. The minimum Gasteiger partial charge on any atom is -0.494 e. The number of rotatable bonds is 8. The second-order valence-electron chi connectivity index (χ2n) is 6.80. The third-order valence-electron chi connectivity index (χ3n) is 4.74. The molecule has 0 bridgehead atoms. The van der Waals surface area contributed by atoms with Crippen molar-refractivity contribution >= 4 is 27.5 Å². The first-order valence-electron chi connectivity index (χ1n) is 9.76. The molecule has 1 aliphatic rings. The van der Waals surface area contributed by atoms with Crippen LogP contribution in [0.4, 0.5) is 0 Å². The lowest BCUT2D eigenvalue weighted by Gasteiger charge is -2.33. The van der Waals surface area contributed by atoms with Gasteiger partial charge in [0.15, 0.2) is 0 Å². The van der Waals surface area contributed by atoms with E-state index in [2.05, 4.69) is 4.72 Å². The van der Waals surface area contributed by atoms with E-state index in [1.807, 2.05) is 19.1 Å². The van der Waals surface area contributed by atoms with Crippen LogP contribution in [0.3, 0.4) is 0 Å². The molecule has 30 heavy (non-hydrogen) atoms. The number of ether oxygens (including phenoxy) is 2. The molecular formula is C21H25ClN2O5S. The Bertz CT molecular complexity index is 948. The molecule has 3 rings (SSSR count). The fraction of sp³-hybridized carbons (Fsp3) is 0.381. The van der Waals surface area contributed by atoms with E-state index >= 15 is 0 Å². The molecule has 1 atom stereocenters. The van der Waals surface area contributed by atoms with Crippen molar-refractivity contribution in [2.45, 2.75) is 24.3 Å². The fourth-order valence-electron chi connectivity index (χ4n) is 3.17. The average molecular weight is 453 g/mol. The van der Waals surface area contributed by atoms with E-state index in [-0.39, 0.29) is 29.9 Å². The average Bonchev–Trinajstić information content (AvgIpc) is 2.75. The number of benzene rings is 2. The predicted molar refractivity (Wildman–Crippen MR) is 114 cm³/mol. The molecule has 1 aliphatic heterocycles. The lowest BCUT2D eigenvalue weighted by Crippen LogP contribution is -2.43. The van der Waals surface area contributed by atoms with Gasteiger partial charge in [0, 0.05) is 24.5 Å². The van der Waals surface area contributed by atoms with Gasteiger partial charge < -0.3 is 14.4 Å². The number of sulfonamides is 1. The summed E-state index contributed by atoms with van der Waals surface area (Å²) in [5.74, 6) is 0.487. The molecule has 0 spiro atoms. The summed E-state index contributed by atoms with van der Waals surface area (Å²) < 4.78 is 38.4. The SMILES string of the molecule is CCOc1ccc(S(=O)(=O)NCCC(=O)N2CCOC(c3ccc(Cl)cc3)C2)cc1. The Morgan fingerprint density at radius 3 is 2.57 bits per heavy atom. The van der Waals surface area contributed by atoms with Crippen LogP contribution >= 0.6 is 11.6 Å². The van der Waals surface area contributed by atoms with E-state index in [0.29, 0.717) is 37.1 Å². The second-order valence-corrected chi connectivity index (χ2v) is 9.01. The van der Waals surface area contributed by atoms with Crippen LogP contribution in [0.2, 0.25) is 5.02 Å². The molecule has 1 N–H and O–H groups in total. The molecule has 0 radical (unpaired) electrons. The third kappa shape index (κ3) is 5.95. The van der Waals surface area contributed by atoms with E-state index < -0.39 is 10.0 Å². The normalized spacial score (nSPS) is 17.0. The van der Waals surface area contributed by atoms with Gasteiger partial charge in [-0.15, -0.1) is 0 Å². The number of carbonyl (C=O) groups excluding carboxylic acids is 1. The number of carbonyl (C=O) groups is 1. The molecule has 0 aliphatic carbocycles. The van der Waals surface area contributed by atoms with Crippen molar-refractivity contribution in [3.05, 3.63) is 59.1 Å². The molecule has 1 amide bonds. The van der Waals surface area contributed by atoms with Gasteiger partial charge in [0.2, 0.25) is 15.9 Å². The molecule has 1 heterocycles. The second kappa shape index (κ2) is 10.3. The van der Waals surface area contributed by atoms with E-state index in [9.17, 15) is 13.2 Å². The van der Waals surface area contributed by atoms with Crippen molar-refractivity contribution < 1.29 is 22.7 Å². The first kappa shape index (κ1) is 22.6. The van der Waals surface area contributed by atoms with Crippen LogP contribution in [-0.2, 0) is 19.6 Å². The molecule has 0 aromatic heterocycles. The Hall–Kier alpha value is -2.13. The van der Waals surface area contributed by atoms with Crippen LogP contribution in [0.5, 0.6) is 5.75 Å². The predicted octanol–water partition coefficient (Wildman–Crippen LogP) is 3.01. The first-order valence-corrected chi connectivity index (χ1v) is 11.6. The highest BCUT2D eigenvalue weighted by atomic mass is 35.5. The highest BCUT2D eigenvalue weighted by Gasteiger charge is 2.25. The molecule has 162 valence electrons. The highest BCUT2D eigenvalue weighted by molar-refractivity contribution is 7.89. The molecule has 7 nitrogen and oxygen atoms in total. The summed E-state index contributed by atoms with van der Waals surface area (Å²) >= 11 is 5.92. The number of amides is 1. The minimum atomic E-state index is -3.69. The largest absolute Gasteiger partial charge is 0.494 e. The van der Waals surface area contributed by atoms with Crippen LogP contribution in [-0.4, -0.2) is 52.1 Å². The van der Waals surface area contributed by atoms with Crippen LogP contribution in [0.25, 0.3) is 0 Å². The van der Waals surface area contributed by atoms with Crippen molar-refractivity contribution in [1.29, 1.82) is 0 Å². The Morgan fingerprint density at radius 1 is 1.20 bits per heavy atom. The smallest absolute Gasteiger partial charge is 0.240 e. The monoisotopic (exact) mass is 452 g/mol. The molecule has 1 saturated heterocycles. The zero-order valence-electron chi connectivity index (χ0n) is 16.7. The maximum Gasteiger partial charge on any atom is 0.240 e. The topological polar surface area (TPSA) is 84.9 Å². The number of halogens is 1. The molecule has 9 heteroatoms. The van der Waals surface area contributed by atoms with Gasteiger partial charge in [-0.3, -0.25) is 4.79 Å². The molecule has 1 fully saturated rings. The standard InChI is InChI=1S/C21H25ClN2O5S/c1-2-28-18-7-9-19(10-8-18)30(26,27)23-12-11-21(25)24-13-14-29-20(15-24)16-3-5-17(22)6-4-16/h3-10,20,23H,2,11-15H2,1H3. The van der Waals surface area contributed by atoms with E-state index in [1.165, 1.54) is 12.1 Å². The molecule has 2 aromatic rings. The summed E-state index contributed by atoms with van der Waals surface area (Å²) in [7, 11) is -3.69.